The van der Waals surface area contributed by atoms with E-state index in [1.807, 2.05) is 18.2 Å². The molecule has 0 amide bonds. The molecule has 2 aromatic rings. The van der Waals surface area contributed by atoms with Crippen LogP contribution in [0.1, 0.15) is 57.2 Å². The number of rotatable bonds is 3. The molecule has 3 rings (SSSR count). The van der Waals surface area contributed by atoms with E-state index in [1.165, 1.54) is 37.7 Å². The van der Waals surface area contributed by atoms with Crippen LogP contribution in [0.25, 0.3) is 10.9 Å². The highest BCUT2D eigenvalue weighted by Gasteiger charge is 2.23. The lowest BCUT2D eigenvalue weighted by Crippen LogP contribution is -2.23. The van der Waals surface area contributed by atoms with Crippen LogP contribution in [-0.2, 0) is 5.67 Å². The monoisotopic (exact) mass is 300 g/mol. The van der Waals surface area contributed by atoms with E-state index >= 15 is 0 Å². The highest BCUT2D eigenvalue weighted by atomic mass is 19.1. The molecule has 1 aliphatic rings. The lowest BCUT2D eigenvalue weighted by molar-refractivity contribution is 0.215. The number of nitrogens with one attached hydrogen (secondary N) is 1. The van der Waals surface area contributed by atoms with Gasteiger partial charge in [-0.05, 0) is 51.8 Å². The summed E-state index contributed by atoms with van der Waals surface area (Å²) < 4.78 is 14.4. The summed E-state index contributed by atoms with van der Waals surface area (Å²) in [5, 5.41) is 4.75. The fourth-order valence-corrected chi connectivity index (χ4v) is 3.23. The third-order valence-electron chi connectivity index (χ3n) is 4.54. The van der Waals surface area contributed by atoms with Crippen molar-refractivity contribution in [1.82, 2.24) is 4.98 Å². The fourth-order valence-electron chi connectivity index (χ4n) is 3.23. The summed E-state index contributed by atoms with van der Waals surface area (Å²) in [7, 11) is 0. The van der Waals surface area contributed by atoms with Crippen molar-refractivity contribution in [1.29, 1.82) is 0 Å². The molecule has 1 heterocycles. The highest BCUT2D eigenvalue weighted by molar-refractivity contribution is 5.92. The third-order valence-corrected chi connectivity index (χ3v) is 4.54. The van der Waals surface area contributed by atoms with E-state index in [4.69, 9.17) is 0 Å². The number of hydrogen-bond donors (Lipinski definition) is 1. The number of pyridine rings is 1. The Labute approximate surface area is 132 Å². The Morgan fingerprint density at radius 1 is 1.14 bits per heavy atom. The van der Waals surface area contributed by atoms with Crippen LogP contribution in [0, 0.1) is 6.92 Å². The van der Waals surface area contributed by atoms with E-state index in [2.05, 4.69) is 23.3 Å². The van der Waals surface area contributed by atoms with Crippen molar-refractivity contribution in [3.63, 3.8) is 0 Å². The van der Waals surface area contributed by atoms with Gasteiger partial charge in [0, 0.05) is 17.1 Å². The van der Waals surface area contributed by atoms with Crippen molar-refractivity contribution in [3.8, 4) is 0 Å². The quantitative estimate of drug-likeness (QED) is 0.810. The molecule has 3 heteroatoms. The van der Waals surface area contributed by atoms with E-state index in [-0.39, 0.29) is 0 Å². The predicted octanol–water partition coefficient (Wildman–Crippen LogP) is 5.49. The van der Waals surface area contributed by atoms with Gasteiger partial charge in [-0.1, -0.05) is 30.9 Å². The molecule has 1 N–H and O–H groups in total. The maximum atomic E-state index is 14.4. The van der Waals surface area contributed by atoms with Crippen LogP contribution in [0.15, 0.2) is 24.3 Å². The average molecular weight is 300 g/mol. The van der Waals surface area contributed by atoms with E-state index < -0.39 is 5.67 Å². The molecule has 0 radical (unpaired) electrons. The van der Waals surface area contributed by atoms with Crippen LogP contribution >= 0.6 is 0 Å². The Morgan fingerprint density at radius 2 is 1.86 bits per heavy atom. The van der Waals surface area contributed by atoms with E-state index in [9.17, 15) is 4.39 Å². The molecule has 2 nitrogen and oxygen atoms in total. The number of hydrogen-bond acceptors (Lipinski definition) is 2. The van der Waals surface area contributed by atoms with Gasteiger partial charge in [0.2, 0.25) is 0 Å². The zero-order valence-electron chi connectivity index (χ0n) is 13.7. The maximum absolute atomic E-state index is 14.4. The highest BCUT2D eigenvalue weighted by Crippen LogP contribution is 2.32. The Balaban J connectivity index is 2.05. The van der Waals surface area contributed by atoms with Crippen molar-refractivity contribution in [2.45, 2.75) is 64.6 Å². The lowest BCUT2D eigenvalue weighted by Gasteiger charge is -2.26. The first-order valence-corrected chi connectivity index (χ1v) is 8.31. The molecular formula is C19H25FN2. The van der Waals surface area contributed by atoms with Crippen LogP contribution in [0.4, 0.5) is 10.1 Å². The second-order valence-corrected chi connectivity index (χ2v) is 7.03. The smallest absolute Gasteiger partial charge is 0.147 e. The molecule has 0 spiro atoms. The van der Waals surface area contributed by atoms with E-state index in [0.717, 1.165) is 16.6 Å². The second-order valence-electron chi connectivity index (χ2n) is 7.03. The van der Waals surface area contributed by atoms with Crippen molar-refractivity contribution in [2.24, 2.45) is 0 Å². The molecule has 1 saturated carbocycles. The van der Waals surface area contributed by atoms with Crippen LogP contribution in [-0.4, -0.2) is 11.0 Å². The minimum atomic E-state index is -1.43. The summed E-state index contributed by atoms with van der Waals surface area (Å²) in [5.41, 5.74) is 2.17. The number of aryl methyl sites for hydroxylation is 1. The zero-order valence-corrected chi connectivity index (χ0v) is 13.7. The van der Waals surface area contributed by atoms with Crippen molar-refractivity contribution in [3.05, 3.63) is 35.5 Å². The molecule has 1 aromatic heterocycles. The summed E-state index contributed by atoms with van der Waals surface area (Å²) in [5.74, 6) is 0. The Bertz CT molecular complexity index is 667. The van der Waals surface area contributed by atoms with Gasteiger partial charge in [-0.15, -0.1) is 0 Å². The number of aromatic nitrogens is 1. The van der Waals surface area contributed by atoms with Gasteiger partial charge < -0.3 is 5.32 Å². The minimum Gasteiger partial charge on any atom is -0.382 e. The Morgan fingerprint density at radius 3 is 2.55 bits per heavy atom. The maximum Gasteiger partial charge on any atom is 0.147 e. The summed E-state index contributed by atoms with van der Waals surface area (Å²) >= 11 is 0. The average Bonchev–Trinajstić information content (AvgIpc) is 2.47. The van der Waals surface area contributed by atoms with Gasteiger partial charge in [-0.25, -0.2) is 9.37 Å². The van der Waals surface area contributed by atoms with Gasteiger partial charge in [-0.3, -0.25) is 0 Å². The van der Waals surface area contributed by atoms with Crippen LogP contribution in [0.3, 0.4) is 0 Å². The van der Waals surface area contributed by atoms with E-state index in [1.54, 1.807) is 13.8 Å². The predicted molar refractivity (Wildman–Crippen MR) is 91.1 cm³/mol. The Hall–Kier alpha value is -1.64. The zero-order chi connectivity index (χ0) is 15.7. The molecule has 1 aromatic carbocycles. The normalized spacial score (nSPS) is 16.9. The number of alkyl halides is 1. The van der Waals surface area contributed by atoms with Gasteiger partial charge in [0.05, 0.1) is 11.2 Å². The lowest BCUT2D eigenvalue weighted by atomic mass is 9.94. The molecule has 1 fully saturated rings. The summed E-state index contributed by atoms with van der Waals surface area (Å²) in [6, 6.07) is 8.56. The molecule has 0 unspecified atom stereocenters. The molecule has 0 aliphatic heterocycles. The van der Waals surface area contributed by atoms with Gasteiger partial charge in [0.15, 0.2) is 0 Å². The topological polar surface area (TPSA) is 24.9 Å². The van der Waals surface area contributed by atoms with Gasteiger partial charge in [0.25, 0.3) is 0 Å². The number of benzene rings is 1. The first-order chi connectivity index (χ1) is 10.4. The number of fused-ring (bicyclic) bond motifs is 1. The summed E-state index contributed by atoms with van der Waals surface area (Å²) in [4.78, 5) is 4.53. The minimum absolute atomic E-state index is 0.496. The SMILES string of the molecule is Cc1ccc2nc(C(C)(C)F)cc(NC3CCCCC3)c2c1. The van der Waals surface area contributed by atoms with Crippen LogP contribution < -0.4 is 5.32 Å². The first-order valence-electron chi connectivity index (χ1n) is 8.31. The number of halogens is 1. The molecule has 22 heavy (non-hydrogen) atoms. The van der Waals surface area contributed by atoms with Gasteiger partial charge in [-0.2, -0.15) is 0 Å². The molecule has 0 saturated heterocycles. The molecule has 118 valence electrons. The summed E-state index contributed by atoms with van der Waals surface area (Å²) in [6.45, 7) is 5.22. The summed E-state index contributed by atoms with van der Waals surface area (Å²) in [6.07, 6.45) is 6.29. The van der Waals surface area contributed by atoms with Gasteiger partial charge in [0.1, 0.15) is 5.67 Å². The first kappa shape index (κ1) is 15.3. The molecule has 1 aliphatic carbocycles. The molecular weight excluding hydrogens is 275 g/mol. The standard InChI is InChI=1S/C19H25FN2/c1-13-9-10-16-15(11-13)17(12-18(22-16)19(2,3)20)21-14-7-5-4-6-8-14/h9-12,14H,4-8H2,1-3H3,(H,21,22). The molecule has 0 atom stereocenters. The fraction of sp³-hybridized carbons (Fsp3) is 0.526. The van der Waals surface area contributed by atoms with Crippen LogP contribution in [0.2, 0.25) is 0 Å². The third kappa shape index (κ3) is 3.23. The van der Waals surface area contributed by atoms with Crippen molar-refractivity contribution < 1.29 is 4.39 Å². The van der Waals surface area contributed by atoms with Crippen molar-refractivity contribution in [2.75, 3.05) is 5.32 Å². The second kappa shape index (κ2) is 5.86. The number of anilines is 1. The van der Waals surface area contributed by atoms with Crippen LogP contribution in [0.5, 0.6) is 0 Å². The van der Waals surface area contributed by atoms with Crippen molar-refractivity contribution >= 4 is 16.6 Å². The van der Waals surface area contributed by atoms with E-state index in [0.29, 0.717) is 11.7 Å². The largest absolute Gasteiger partial charge is 0.382 e. The molecule has 0 bridgehead atoms. The van der Waals surface area contributed by atoms with Gasteiger partial charge >= 0.3 is 0 Å². The number of nitrogens with zero attached hydrogens (tertiary/aromatic N) is 1. The Kier molecular flexibility index (Phi) is 4.07.